The highest BCUT2D eigenvalue weighted by Crippen LogP contribution is 2.12. The standard InChI is InChI=1S/C6H13N2/c1-6-4-3-5-8(6)7-2/h6H,3-5H2,1-2H3. The molecule has 1 rings (SSSR count). The quantitative estimate of drug-likeness (QED) is 0.487. The van der Waals surface area contributed by atoms with Crippen molar-refractivity contribution in [3.8, 4) is 0 Å². The molecular formula is C6H13N2. The minimum Gasteiger partial charge on any atom is -0.224 e. The molecule has 0 amide bonds. The van der Waals surface area contributed by atoms with Crippen LogP contribution in [0.1, 0.15) is 19.8 Å². The molecule has 0 aromatic heterocycles. The van der Waals surface area contributed by atoms with E-state index < -0.39 is 0 Å². The van der Waals surface area contributed by atoms with Gasteiger partial charge in [-0.05, 0) is 19.8 Å². The summed E-state index contributed by atoms with van der Waals surface area (Å²) in [5.41, 5.74) is 4.10. The van der Waals surface area contributed by atoms with Crippen molar-refractivity contribution < 1.29 is 0 Å². The smallest absolute Gasteiger partial charge is 0.0231 e. The fourth-order valence-corrected chi connectivity index (χ4v) is 1.22. The first-order valence-electron chi connectivity index (χ1n) is 3.21. The molecule has 47 valence electrons. The summed E-state index contributed by atoms with van der Waals surface area (Å²) < 4.78 is 0. The second kappa shape index (κ2) is 2.46. The van der Waals surface area contributed by atoms with Gasteiger partial charge >= 0.3 is 0 Å². The van der Waals surface area contributed by atoms with Crippen LogP contribution in [0.4, 0.5) is 0 Å². The number of rotatable bonds is 1. The second-order valence-electron chi connectivity index (χ2n) is 2.35. The van der Waals surface area contributed by atoms with Gasteiger partial charge in [0.15, 0.2) is 0 Å². The summed E-state index contributed by atoms with van der Waals surface area (Å²) in [6.07, 6.45) is 2.63. The predicted molar refractivity (Wildman–Crippen MR) is 33.5 cm³/mol. The molecule has 8 heavy (non-hydrogen) atoms. The van der Waals surface area contributed by atoms with Gasteiger partial charge in [0.1, 0.15) is 0 Å². The van der Waals surface area contributed by atoms with Crippen molar-refractivity contribution in [2.24, 2.45) is 0 Å². The van der Waals surface area contributed by atoms with Crippen molar-refractivity contribution in [1.82, 2.24) is 10.4 Å². The molecule has 1 atom stereocenters. The van der Waals surface area contributed by atoms with Gasteiger partial charge in [0.2, 0.25) is 0 Å². The summed E-state index contributed by atoms with van der Waals surface area (Å²) in [6.45, 7) is 3.39. The van der Waals surface area contributed by atoms with Crippen molar-refractivity contribution in [3.05, 3.63) is 0 Å². The Morgan fingerprint density at radius 2 is 2.38 bits per heavy atom. The molecule has 1 radical (unpaired) electrons. The molecule has 1 fully saturated rings. The van der Waals surface area contributed by atoms with Crippen LogP contribution in [0.15, 0.2) is 0 Å². The van der Waals surface area contributed by atoms with Crippen molar-refractivity contribution in [1.29, 1.82) is 0 Å². The van der Waals surface area contributed by atoms with Crippen molar-refractivity contribution >= 4 is 0 Å². The molecule has 0 aromatic carbocycles. The van der Waals surface area contributed by atoms with Crippen molar-refractivity contribution in [2.45, 2.75) is 25.8 Å². The summed E-state index contributed by atoms with van der Waals surface area (Å²) in [5, 5.41) is 2.15. The zero-order valence-electron chi connectivity index (χ0n) is 5.59. The van der Waals surface area contributed by atoms with E-state index in [1.165, 1.54) is 12.8 Å². The second-order valence-corrected chi connectivity index (χ2v) is 2.35. The van der Waals surface area contributed by atoms with Crippen LogP contribution < -0.4 is 5.43 Å². The summed E-state index contributed by atoms with van der Waals surface area (Å²) in [4.78, 5) is 0. The molecule has 1 heterocycles. The number of nitrogens with zero attached hydrogens (tertiary/aromatic N) is 2. The first-order chi connectivity index (χ1) is 3.84. The van der Waals surface area contributed by atoms with Crippen LogP contribution in [0, 0.1) is 0 Å². The van der Waals surface area contributed by atoms with Gasteiger partial charge in [-0.3, -0.25) is 0 Å². The SMILES string of the molecule is C[N]N1CCCC1C. The van der Waals surface area contributed by atoms with Crippen LogP contribution in [0.25, 0.3) is 0 Å². The lowest BCUT2D eigenvalue weighted by Gasteiger charge is -2.15. The Morgan fingerprint density at radius 3 is 2.62 bits per heavy atom. The molecule has 0 saturated carbocycles. The Bertz CT molecular complexity index is 72.9. The van der Waals surface area contributed by atoms with Gasteiger partial charge in [-0.15, -0.1) is 0 Å². The van der Waals surface area contributed by atoms with Gasteiger partial charge in [0.25, 0.3) is 0 Å². The third kappa shape index (κ3) is 1.01. The summed E-state index contributed by atoms with van der Waals surface area (Å²) in [6, 6.07) is 0.694. The molecule has 0 bridgehead atoms. The van der Waals surface area contributed by atoms with Crippen LogP contribution in [0.5, 0.6) is 0 Å². The maximum atomic E-state index is 4.10. The third-order valence-electron chi connectivity index (χ3n) is 1.77. The highest BCUT2D eigenvalue weighted by Gasteiger charge is 2.18. The van der Waals surface area contributed by atoms with Crippen LogP contribution >= 0.6 is 0 Å². The molecule has 0 aromatic rings. The molecule has 0 N–H and O–H groups in total. The molecule has 0 spiro atoms. The van der Waals surface area contributed by atoms with Gasteiger partial charge in [0.05, 0.1) is 0 Å². The van der Waals surface area contributed by atoms with E-state index in [9.17, 15) is 0 Å². The number of hydrogen-bond acceptors (Lipinski definition) is 1. The van der Waals surface area contributed by atoms with Crippen LogP contribution in [-0.2, 0) is 0 Å². The largest absolute Gasteiger partial charge is 0.224 e. The molecule has 1 aliphatic rings. The van der Waals surface area contributed by atoms with Gasteiger partial charge in [0, 0.05) is 19.6 Å². The first-order valence-corrected chi connectivity index (χ1v) is 3.21. The summed E-state index contributed by atoms with van der Waals surface area (Å²) in [5.74, 6) is 0. The third-order valence-corrected chi connectivity index (χ3v) is 1.77. The predicted octanol–water partition coefficient (Wildman–Crippen LogP) is 0.620. The monoisotopic (exact) mass is 113 g/mol. The lowest BCUT2D eigenvalue weighted by Crippen LogP contribution is -2.31. The average Bonchev–Trinajstić information content (AvgIpc) is 2.14. The van der Waals surface area contributed by atoms with Crippen LogP contribution in [0.2, 0.25) is 0 Å². The van der Waals surface area contributed by atoms with E-state index in [0.717, 1.165) is 6.54 Å². The lowest BCUT2D eigenvalue weighted by atomic mass is 10.3. The Balaban J connectivity index is 2.30. The Labute approximate surface area is 50.8 Å². The maximum Gasteiger partial charge on any atom is 0.0231 e. The summed E-state index contributed by atoms with van der Waals surface area (Å²) in [7, 11) is 1.86. The van der Waals surface area contributed by atoms with E-state index >= 15 is 0 Å². The average molecular weight is 113 g/mol. The molecule has 1 aliphatic heterocycles. The van der Waals surface area contributed by atoms with E-state index in [1.54, 1.807) is 0 Å². The Morgan fingerprint density at radius 1 is 1.62 bits per heavy atom. The zero-order valence-corrected chi connectivity index (χ0v) is 5.59. The van der Waals surface area contributed by atoms with Crippen molar-refractivity contribution in [2.75, 3.05) is 13.6 Å². The minimum atomic E-state index is 0.694. The molecule has 2 nitrogen and oxygen atoms in total. The highest BCUT2D eigenvalue weighted by molar-refractivity contribution is 4.70. The summed E-state index contributed by atoms with van der Waals surface area (Å²) >= 11 is 0. The maximum absolute atomic E-state index is 4.10. The van der Waals surface area contributed by atoms with E-state index in [4.69, 9.17) is 0 Å². The fraction of sp³-hybridized carbons (Fsp3) is 1.00. The van der Waals surface area contributed by atoms with Gasteiger partial charge in [-0.25, -0.2) is 5.01 Å². The van der Waals surface area contributed by atoms with Crippen molar-refractivity contribution in [3.63, 3.8) is 0 Å². The van der Waals surface area contributed by atoms with E-state index in [2.05, 4.69) is 17.4 Å². The molecule has 0 aliphatic carbocycles. The highest BCUT2D eigenvalue weighted by atomic mass is 15.5. The van der Waals surface area contributed by atoms with Gasteiger partial charge in [-0.2, -0.15) is 5.43 Å². The van der Waals surface area contributed by atoms with Crippen LogP contribution in [-0.4, -0.2) is 24.6 Å². The topological polar surface area (TPSA) is 17.3 Å². The molecular weight excluding hydrogens is 100 g/mol. The Kier molecular flexibility index (Phi) is 1.86. The normalized spacial score (nSPS) is 31.5. The first kappa shape index (κ1) is 6.05. The lowest BCUT2D eigenvalue weighted by molar-refractivity contribution is 0.194. The van der Waals surface area contributed by atoms with E-state index in [1.807, 2.05) is 7.05 Å². The van der Waals surface area contributed by atoms with Crippen LogP contribution in [0.3, 0.4) is 0 Å². The molecule has 1 saturated heterocycles. The van der Waals surface area contributed by atoms with Gasteiger partial charge < -0.3 is 0 Å². The number of hydrogen-bond donors (Lipinski definition) is 0. The fourth-order valence-electron chi connectivity index (χ4n) is 1.22. The zero-order chi connectivity index (χ0) is 5.98. The van der Waals surface area contributed by atoms with Gasteiger partial charge in [-0.1, -0.05) is 0 Å². The Hall–Kier alpha value is -0.0800. The minimum absolute atomic E-state index is 0.694. The van der Waals surface area contributed by atoms with E-state index in [0.29, 0.717) is 6.04 Å². The van der Waals surface area contributed by atoms with E-state index in [-0.39, 0.29) is 0 Å². The molecule has 2 heteroatoms. The molecule has 1 unspecified atom stereocenters.